The molecule has 0 radical (unpaired) electrons. The lowest BCUT2D eigenvalue weighted by Crippen LogP contribution is -2.30. The standard InChI is InChI=1S/C10H21NO2S2/c1-2-15(12,13)7-3-4-10(11)9-5-6-14-8-9/h9-10H,2-8,11H2,1H3. The summed E-state index contributed by atoms with van der Waals surface area (Å²) in [6.07, 6.45) is 2.77. The van der Waals surface area contributed by atoms with E-state index in [2.05, 4.69) is 0 Å². The highest BCUT2D eigenvalue weighted by atomic mass is 32.2. The number of nitrogens with two attached hydrogens (primary N) is 1. The molecule has 0 aliphatic carbocycles. The fourth-order valence-electron chi connectivity index (χ4n) is 1.81. The summed E-state index contributed by atoms with van der Waals surface area (Å²) < 4.78 is 22.5. The lowest BCUT2D eigenvalue weighted by molar-refractivity contribution is 0.436. The van der Waals surface area contributed by atoms with Gasteiger partial charge in [-0.3, -0.25) is 0 Å². The molecule has 0 saturated carbocycles. The number of hydrogen-bond acceptors (Lipinski definition) is 4. The minimum absolute atomic E-state index is 0.201. The fraction of sp³-hybridized carbons (Fsp3) is 1.00. The largest absolute Gasteiger partial charge is 0.327 e. The summed E-state index contributed by atoms with van der Waals surface area (Å²) in [5.41, 5.74) is 6.04. The molecule has 3 nitrogen and oxygen atoms in total. The highest BCUT2D eigenvalue weighted by molar-refractivity contribution is 7.99. The number of sulfone groups is 1. The Balaban J connectivity index is 2.19. The van der Waals surface area contributed by atoms with Crippen LogP contribution in [0.3, 0.4) is 0 Å². The van der Waals surface area contributed by atoms with Crippen molar-refractivity contribution in [2.45, 2.75) is 32.2 Å². The van der Waals surface area contributed by atoms with E-state index in [4.69, 9.17) is 5.73 Å². The molecule has 2 unspecified atom stereocenters. The third-order valence-electron chi connectivity index (χ3n) is 3.00. The maximum absolute atomic E-state index is 11.3. The number of rotatable bonds is 6. The molecule has 5 heteroatoms. The molecule has 1 aliphatic rings. The minimum Gasteiger partial charge on any atom is -0.327 e. The maximum atomic E-state index is 11.3. The van der Waals surface area contributed by atoms with Crippen LogP contribution >= 0.6 is 11.8 Å². The molecule has 1 heterocycles. The first-order valence-electron chi connectivity index (χ1n) is 5.59. The van der Waals surface area contributed by atoms with E-state index in [1.165, 1.54) is 12.2 Å². The molecule has 0 aromatic carbocycles. The van der Waals surface area contributed by atoms with Crippen LogP contribution in [-0.4, -0.2) is 37.5 Å². The van der Waals surface area contributed by atoms with Crippen molar-refractivity contribution in [3.63, 3.8) is 0 Å². The summed E-state index contributed by atoms with van der Waals surface area (Å²) >= 11 is 1.96. The zero-order chi connectivity index (χ0) is 11.3. The van der Waals surface area contributed by atoms with E-state index < -0.39 is 9.84 Å². The lowest BCUT2D eigenvalue weighted by atomic mass is 9.96. The predicted octanol–water partition coefficient (Wildman–Crippen LogP) is 1.28. The van der Waals surface area contributed by atoms with Gasteiger partial charge in [-0.25, -0.2) is 8.42 Å². The van der Waals surface area contributed by atoms with E-state index in [-0.39, 0.29) is 11.8 Å². The predicted molar refractivity (Wildman–Crippen MR) is 67.0 cm³/mol. The summed E-state index contributed by atoms with van der Waals surface area (Å²) in [5.74, 6) is 3.53. The average molecular weight is 251 g/mol. The number of hydrogen-bond donors (Lipinski definition) is 1. The summed E-state index contributed by atoms with van der Waals surface area (Å²) in [6, 6.07) is 0.201. The van der Waals surface area contributed by atoms with Crippen molar-refractivity contribution < 1.29 is 8.42 Å². The molecule has 0 aromatic rings. The van der Waals surface area contributed by atoms with E-state index in [0.717, 1.165) is 18.6 Å². The van der Waals surface area contributed by atoms with Crippen molar-refractivity contribution in [1.82, 2.24) is 0 Å². The Bertz CT molecular complexity index is 271. The van der Waals surface area contributed by atoms with Crippen LogP contribution in [-0.2, 0) is 9.84 Å². The molecule has 0 spiro atoms. The second-order valence-electron chi connectivity index (χ2n) is 4.17. The van der Waals surface area contributed by atoms with Crippen molar-refractivity contribution in [3.05, 3.63) is 0 Å². The Morgan fingerprint density at radius 2 is 2.27 bits per heavy atom. The highest BCUT2D eigenvalue weighted by Gasteiger charge is 2.22. The van der Waals surface area contributed by atoms with Gasteiger partial charge >= 0.3 is 0 Å². The Morgan fingerprint density at radius 1 is 1.53 bits per heavy atom. The van der Waals surface area contributed by atoms with Crippen molar-refractivity contribution in [2.75, 3.05) is 23.0 Å². The molecule has 0 bridgehead atoms. The van der Waals surface area contributed by atoms with Gasteiger partial charge in [-0.05, 0) is 36.7 Å². The SMILES string of the molecule is CCS(=O)(=O)CCCC(N)C1CCSC1. The summed E-state index contributed by atoms with van der Waals surface area (Å²) in [6.45, 7) is 1.70. The molecule has 1 fully saturated rings. The average Bonchev–Trinajstić information content (AvgIpc) is 2.70. The van der Waals surface area contributed by atoms with Crippen molar-refractivity contribution >= 4 is 21.6 Å². The second-order valence-corrected chi connectivity index (χ2v) is 7.79. The van der Waals surface area contributed by atoms with Crippen LogP contribution in [0, 0.1) is 5.92 Å². The zero-order valence-corrected chi connectivity index (χ0v) is 10.9. The van der Waals surface area contributed by atoms with Crippen LogP contribution in [0.5, 0.6) is 0 Å². The molecule has 0 amide bonds. The molecule has 90 valence electrons. The Hall–Kier alpha value is 0.260. The minimum atomic E-state index is -2.80. The Morgan fingerprint density at radius 3 is 2.80 bits per heavy atom. The first-order chi connectivity index (χ1) is 7.05. The lowest BCUT2D eigenvalue weighted by Gasteiger charge is -2.17. The van der Waals surface area contributed by atoms with E-state index in [9.17, 15) is 8.42 Å². The molecule has 2 N–H and O–H groups in total. The van der Waals surface area contributed by atoms with Gasteiger partial charge in [0.05, 0.1) is 5.75 Å². The Labute approximate surface area is 97.1 Å². The van der Waals surface area contributed by atoms with Crippen LogP contribution in [0.25, 0.3) is 0 Å². The van der Waals surface area contributed by atoms with Gasteiger partial charge < -0.3 is 5.73 Å². The molecule has 1 aliphatic heterocycles. The van der Waals surface area contributed by atoms with Crippen LogP contribution in [0.4, 0.5) is 0 Å². The Kier molecular flexibility index (Phi) is 5.43. The van der Waals surface area contributed by atoms with Crippen LogP contribution in [0.15, 0.2) is 0 Å². The monoisotopic (exact) mass is 251 g/mol. The van der Waals surface area contributed by atoms with Crippen molar-refractivity contribution in [1.29, 1.82) is 0 Å². The zero-order valence-electron chi connectivity index (χ0n) is 9.31. The van der Waals surface area contributed by atoms with Gasteiger partial charge in [-0.1, -0.05) is 6.92 Å². The van der Waals surface area contributed by atoms with Crippen molar-refractivity contribution in [2.24, 2.45) is 11.7 Å². The van der Waals surface area contributed by atoms with Gasteiger partial charge in [-0.2, -0.15) is 11.8 Å². The van der Waals surface area contributed by atoms with E-state index in [1.807, 2.05) is 11.8 Å². The first-order valence-corrected chi connectivity index (χ1v) is 8.56. The van der Waals surface area contributed by atoms with Gasteiger partial charge in [0.1, 0.15) is 9.84 Å². The fourth-order valence-corrected chi connectivity index (χ4v) is 4.06. The molecule has 15 heavy (non-hydrogen) atoms. The molecule has 0 aromatic heterocycles. The van der Waals surface area contributed by atoms with Gasteiger partial charge in [-0.15, -0.1) is 0 Å². The second kappa shape index (κ2) is 6.11. The van der Waals surface area contributed by atoms with Crippen molar-refractivity contribution in [3.8, 4) is 0 Å². The molecular weight excluding hydrogens is 230 g/mol. The highest BCUT2D eigenvalue weighted by Crippen LogP contribution is 2.26. The maximum Gasteiger partial charge on any atom is 0.150 e. The smallest absolute Gasteiger partial charge is 0.150 e. The summed E-state index contributed by atoms with van der Waals surface area (Å²) in [5, 5.41) is 0. The van der Waals surface area contributed by atoms with E-state index >= 15 is 0 Å². The molecule has 1 rings (SSSR count). The van der Waals surface area contributed by atoms with Gasteiger partial charge in [0.25, 0.3) is 0 Å². The van der Waals surface area contributed by atoms with Gasteiger partial charge in [0.2, 0.25) is 0 Å². The summed E-state index contributed by atoms with van der Waals surface area (Å²) in [7, 11) is -2.80. The number of thioether (sulfide) groups is 1. The van der Waals surface area contributed by atoms with E-state index in [0.29, 0.717) is 11.7 Å². The van der Waals surface area contributed by atoms with Gasteiger partial charge in [0, 0.05) is 11.8 Å². The molecule has 1 saturated heterocycles. The quantitative estimate of drug-likeness (QED) is 0.772. The normalized spacial score (nSPS) is 24.3. The van der Waals surface area contributed by atoms with Crippen LogP contribution < -0.4 is 5.73 Å². The van der Waals surface area contributed by atoms with E-state index in [1.54, 1.807) is 6.92 Å². The summed E-state index contributed by atoms with van der Waals surface area (Å²) in [4.78, 5) is 0. The first kappa shape index (κ1) is 13.3. The molecular formula is C10H21NO2S2. The van der Waals surface area contributed by atoms with Crippen LogP contribution in [0.1, 0.15) is 26.2 Å². The third-order valence-corrected chi connectivity index (χ3v) is 5.98. The molecule has 2 atom stereocenters. The topological polar surface area (TPSA) is 60.2 Å². The third kappa shape index (κ3) is 4.74. The van der Waals surface area contributed by atoms with Crippen LogP contribution in [0.2, 0.25) is 0 Å². The van der Waals surface area contributed by atoms with Gasteiger partial charge in [0.15, 0.2) is 0 Å².